The van der Waals surface area contributed by atoms with Crippen molar-refractivity contribution in [2.75, 3.05) is 31.5 Å². The fourth-order valence-corrected chi connectivity index (χ4v) is 3.26. The summed E-state index contributed by atoms with van der Waals surface area (Å²) in [6.45, 7) is 7.38. The van der Waals surface area contributed by atoms with Gasteiger partial charge in [-0.1, -0.05) is 6.42 Å². The van der Waals surface area contributed by atoms with Crippen LogP contribution in [0.3, 0.4) is 0 Å². The van der Waals surface area contributed by atoms with Crippen LogP contribution in [-0.2, 0) is 0 Å². The molecule has 3 rings (SSSR count). The van der Waals surface area contributed by atoms with E-state index in [9.17, 15) is 5.11 Å². The summed E-state index contributed by atoms with van der Waals surface area (Å²) in [5.41, 5.74) is 2.75. The maximum absolute atomic E-state index is 10.3. The lowest BCUT2D eigenvalue weighted by atomic mass is 10.1. The molecule has 0 unspecified atom stereocenters. The number of rotatable bonds is 5. The molecule has 23 heavy (non-hydrogen) atoms. The van der Waals surface area contributed by atoms with Gasteiger partial charge < -0.3 is 15.3 Å². The van der Waals surface area contributed by atoms with Crippen LogP contribution in [0.2, 0.25) is 0 Å². The summed E-state index contributed by atoms with van der Waals surface area (Å²) in [7, 11) is 0. The van der Waals surface area contributed by atoms with Gasteiger partial charge >= 0.3 is 0 Å². The average Bonchev–Trinajstić information content (AvgIpc) is 2.53. The molecule has 124 valence electrons. The van der Waals surface area contributed by atoms with Crippen molar-refractivity contribution in [2.24, 2.45) is 0 Å². The summed E-state index contributed by atoms with van der Waals surface area (Å²) >= 11 is 0. The van der Waals surface area contributed by atoms with Crippen LogP contribution in [0, 0.1) is 13.8 Å². The number of hydrogen-bond donors (Lipinski definition) is 2. The largest absolute Gasteiger partial charge is 0.390 e. The molecule has 0 aliphatic carbocycles. The van der Waals surface area contributed by atoms with Crippen LogP contribution < -0.4 is 5.32 Å². The number of nitrogens with zero attached hydrogens (tertiary/aromatic N) is 4. The second-order valence-corrected chi connectivity index (χ2v) is 6.40. The monoisotopic (exact) mass is 315 g/mol. The molecule has 0 radical (unpaired) electrons. The SMILES string of the molecule is Cc1cc(C)c2c(NC[C@H](O)CN3CCCCC3)ncnc2n1. The molecule has 0 aromatic carbocycles. The fraction of sp³-hybridized carbons (Fsp3) is 0.588. The minimum Gasteiger partial charge on any atom is -0.390 e. The minimum absolute atomic E-state index is 0.406. The lowest BCUT2D eigenvalue weighted by Crippen LogP contribution is -2.39. The van der Waals surface area contributed by atoms with Crippen LogP contribution in [0.4, 0.5) is 5.82 Å². The van der Waals surface area contributed by atoms with E-state index < -0.39 is 6.10 Å². The molecule has 2 aromatic rings. The highest BCUT2D eigenvalue weighted by molar-refractivity contribution is 5.89. The Bertz CT molecular complexity index is 669. The Hall–Kier alpha value is -1.79. The Labute approximate surface area is 137 Å². The molecule has 1 aliphatic heterocycles. The number of aliphatic hydroxyl groups is 1. The number of β-amino-alcohol motifs (C(OH)–C–C–N with tert-alkyl or cyclic N) is 1. The van der Waals surface area contributed by atoms with Crippen molar-refractivity contribution in [1.82, 2.24) is 19.9 Å². The standard InChI is InChI=1S/C17H25N5O/c1-12-8-13(2)21-17-15(12)16(19-11-20-17)18-9-14(23)10-22-6-4-3-5-7-22/h8,11,14,23H,3-7,9-10H2,1-2H3,(H,18,19,20,21)/t14-/m0/s1. The lowest BCUT2D eigenvalue weighted by Gasteiger charge is -2.28. The van der Waals surface area contributed by atoms with Gasteiger partial charge in [-0.2, -0.15) is 0 Å². The van der Waals surface area contributed by atoms with Gasteiger partial charge in [0.25, 0.3) is 0 Å². The predicted octanol–water partition coefficient (Wildman–Crippen LogP) is 1.90. The number of hydrogen-bond acceptors (Lipinski definition) is 6. The number of aromatic nitrogens is 3. The van der Waals surface area contributed by atoms with E-state index in [1.54, 1.807) is 0 Å². The summed E-state index contributed by atoms with van der Waals surface area (Å²) in [5, 5.41) is 14.5. The van der Waals surface area contributed by atoms with E-state index in [0.29, 0.717) is 18.7 Å². The van der Waals surface area contributed by atoms with Gasteiger partial charge in [-0.25, -0.2) is 15.0 Å². The minimum atomic E-state index is -0.406. The molecule has 2 N–H and O–H groups in total. The molecule has 1 saturated heterocycles. The van der Waals surface area contributed by atoms with Gasteiger partial charge in [0, 0.05) is 18.8 Å². The highest BCUT2D eigenvalue weighted by atomic mass is 16.3. The molecule has 0 amide bonds. The van der Waals surface area contributed by atoms with Crippen molar-refractivity contribution in [3.8, 4) is 0 Å². The first-order valence-corrected chi connectivity index (χ1v) is 8.37. The van der Waals surface area contributed by atoms with Crippen molar-refractivity contribution >= 4 is 16.9 Å². The number of aliphatic hydroxyl groups excluding tert-OH is 1. The van der Waals surface area contributed by atoms with Crippen LogP contribution in [0.25, 0.3) is 11.0 Å². The molecule has 1 fully saturated rings. The van der Waals surface area contributed by atoms with Crippen molar-refractivity contribution in [1.29, 1.82) is 0 Å². The quantitative estimate of drug-likeness (QED) is 0.878. The van der Waals surface area contributed by atoms with E-state index in [1.807, 2.05) is 19.9 Å². The zero-order valence-electron chi connectivity index (χ0n) is 13.9. The molecular weight excluding hydrogens is 290 g/mol. The van der Waals surface area contributed by atoms with Gasteiger partial charge in [0.2, 0.25) is 0 Å². The average molecular weight is 315 g/mol. The molecule has 0 saturated carbocycles. The smallest absolute Gasteiger partial charge is 0.165 e. The third-order valence-corrected chi connectivity index (χ3v) is 4.35. The number of aryl methyl sites for hydroxylation is 2. The maximum Gasteiger partial charge on any atom is 0.165 e. The number of likely N-dealkylation sites (tertiary alicyclic amines) is 1. The van der Waals surface area contributed by atoms with Gasteiger partial charge in [0.15, 0.2) is 5.65 Å². The van der Waals surface area contributed by atoms with Crippen LogP contribution in [-0.4, -0.2) is 57.2 Å². The Kier molecular flexibility index (Phi) is 5.03. The van der Waals surface area contributed by atoms with Crippen LogP contribution in [0.5, 0.6) is 0 Å². The Morgan fingerprint density at radius 2 is 2.00 bits per heavy atom. The Morgan fingerprint density at radius 1 is 1.22 bits per heavy atom. The number of nitrogens with one attached hydrogen (secondary N) is 1. The topological polar surface area (TPSA) is 74.2 Å². The normalized spacial score (nSPS) is 17.3. The van der Waals surface area contributed by atoms with E-state index >= 15 is 0 Å². The van der Waals surface area contributed by atoms with Crippen molar-refractivity contribution in [2.45, 2.75) is 39.2 Å². The molecule has 6 heteroatoms. The number of piperidine rings is 1. The molecule has 1 atom stereocenters. The van der Waals surface area contributed by atoms with Crippen molar-refractivity contribution < 1.29 is 5.11 Å². The van der Waals surface area contributed by atoms with Crippen molar-refractivity contribution in [3.05, 3.63) is 23.7 Å². The predicted molar refractivity (Wildman–Crippen MR) is 91.6 cm³/mol. The molecule has 0 bridgehead atoms. The van der Waals surface area contributed by atoms with E-state index in [0.717, 1.165) is 35.6 Å². The summed E-state index contributed by atoms with van der Waals surface area (Å²) in [5.74, 6) is 0.748. The number of anilines is 1. The van der Waals surface area contributed by atoms with Crippen LogP contribution in [0.15, 0.2) is 12.4 Å². The first-order chi connectivity index (χ1) is 11.1. The van der Waals surface area contributed by atoms with Gasteiger partial charge in [-0.15, -0.1) is 0 Å². The molecule has 0 spiro atoms. The zero-order valence-corrected chi connectivity index (χ0v) is 13.9. The first-order valence-electron chi connectivity index (χ1n) is 8.37. The molecule has 3 heterocycles. The number of fused-ring (bicyclic) bond motifs is 1. The maximum atomic E-state index is 10.3. The van der Waals surface area contributed by atoms with E-state index in [4.69, 9.17) is 0 Å². The molecule has 6 nitrogen and oxygen atoms in total. The molecular formula is C17H25N5O. The third kappa shape index (κ3) is 3.95. The fourth-order valence-electron chi connectivity index (χ4n) is 3.26. The van der Waals surface area contributed by atoms with Gasteiger partial charge in [-0.05, 0) is 51.4 Å². The lowest BCUT2D eigenvalue weighted by molar-refractivity contribution is 0.109. The second-order valence-electron chi connectivity index (χ2n) is 6.40. The van der Waals surface area contributed by atoms with Gasteiger partial charge in [0.05, 0.1) is 11.5 Å². The number of pyridine rings is 1. The summed E-state index contributed by atoms with van der Waals surface area (Å²) in [4.78, 5) is 15.4. The summed E-state index contributed by atoms with van der Waals surface area (Å²) < 4.78 is 0. The van der Waals surface area contributed by atoms with Crippen LogP contribution >= 0.6 is 0 Å². The Morgan fingerprint density at radius 3 is 2.78 bits per heavy atom. The zero-order chi connectivity index (χ0) is 16.2. The van der Waals surface area contributed by atoms with Crippen molar-refractivity contribution in [3.63, 3.8) is 0 Å². The summed E-state index contributed by atoms with van der Waals surface area (Å²) in [6, 6.07) is 2.03. The van der Waals surface area contributed by atoms with E-state index in [-0.39, 0.29) is 0 Å². The highest BCUT2D eigenvalue weighted by Gasteiger charge is 2.15. The van der Waals surface area contributed by atoms with E-state index in [1.165, 1.54) is 25.6 Å². The third-order valence-electron chi connectivity index (χ3n) is 4.35. The Balaban J connectivity index is 1.67. The first kappa shape index (κ1) is 16.1. The van der Waals surface area contributed by atoms with Gasteiger partial charge in [-0.3, -0.25) is 0 Å². The van der Waals surface area contributed by atoms with Crippen LogP contribution in [0.1, 0.15) is 30.5 Å². The second kappa shape index (κ2) is 7.19. The van der Waals surface area contributed by atoms with E-state index in [2.05, 4.69) is 25.2 Å². The molecule has 1 aliphatic rings. The highest BCUT2D eigenvalue weighted by Crippen LogP contribution is 2.22. The summed E-state index contributed by atoms with van der Waals surface area (Å²) in [6.07, 6.45) is 4.90. The molecule has 2 aromatic heterocycles. The van der Waals surface area contributed by atoms with Gasteiger partial charge in [0.1, 0.15) is 12.1 Å².